The van der Waals surface area contributed by atoms with Gasteiger partial charge in [0.25, 0.3) is 0 Å². The summed E-state index contributed by atoms with van der Waals surface area (Å²) in [6.07, 6.45) is 1.58. The second-order valence-electron chi connectivity index (χ2n) is 3.26. The number of hydrogen-bond acceptors (Lipinski definition) is 4. The number of rotatable bonds is 1. The number of methoxy groups -OCH3 is 1. The van der Waals surface area contributed by atoms with Crippen LogP contribution in [-0.2, 0) is 0 Å². The highest BCUT2D eigenvalue weighted by Crippen LogP contribution is 2.26. The van der Waals surface area contributed by atoms with Crippen molar-refractivity contribution in [1.82, 2.24) is 9.97 Å². The molecule has 0 bridgehead atoms. The summed E-state index contributed by atoms with van der Waals surface area (Å²) in [5.74, 6) is 0.489. The molecule has 0 saturated heterocycles. The Bertz CT molecular complexity index is 604. The lowest BCUT2D eigenvalue weighted by atomic mass is 10.1. The van der Waals surface area contributed by atoms with Gasteiger partial charge in [-0.2, -0.15) is 5.26 Å². The highest BCUT2D eigenvalue weighted by molar-refractivity contribution is 6.31. The smallest absolute Gasteiger partial charge is 0.213 e. The normalized spacial score (nSPS) is 10.1. The fourth-order valence-electron chi connectivity index (χ4n) is 1.51. The van der Waals surface area contributed by atoms with Gasteiger partial charge in [0.2, 0.25) is 5.88 Å². The molecule has 0 spiro atoms. The highest BCUT2D eigenvalue weighted by Gasteiger charge is 2.11. The number of nitrogens with zero attached hydrogens (tertiary/aromatic N) is 3. The molecule has 0 aliphatic heterocycles. The van der Waals surface area contributed by atoms with Gasteiger partial charge in [0.05, 0.1) is 24.4 Å². The molecule has 0 fully saturated rings. The minimum absolute atomic E-state index is 0.208. The highest BCUT2D eigenvalue weighted by atomic mass is 35.5. The molecule has 16 heavy (non-hydrogen) atoms. The first-order valence-electron chi connectivity index (χ1n) is 4.57. The summed E-state index contributed by atoms with van der Waals surface area (Å²) in [4.78, 5) is 8.14. The van der Waals surface area contributed by atoms with E-state index in [1.807, 2.05) is 13.0 Å². The predicted molar refractivity (Wildman–Crippen MR) is 60.6 cm³/mol. The molecule has 0 saturated carbocycles. The number of aryl methyl sites for hydroxylation is 1. The van der Waals surface area contributed by atoms with Crippen LogP contribution in [0.2, 0.25) is 5.15 Å². The van der Waals surface area contributed by atoms with E-state index in [0.717, 1.165) is 10.9 Å². The molecule has 0 aromatic carbocycles. The molecule has 5 heteroatoms. The maximum Gasteiger partial charge on any atom is 0.213 e. The van der Waals surface area contributed by atoms with E-state index in [1.165, 1.54) is 7.11 Å². The number of aromatic nitrogens is 2. The molecule has 0 atom stereocenters. The van der Waals surface area contributed by atoms with E-state index in [2.05, 4.69) is 9.97 Å². The maximum absolute atomic E-state index is 8.96. The van der Waals surface area contributed by atoms with Gasteiger partial charge in [0.1, 0.15) is 11.2 Å². The SMILES string of the molecule is COc1cc2c(C)c(C#N)c(Cl)nc2cn1. The summed E-state index contributed by atoms with van der Waals surface area (Å²) in [5, 5.41) is 10.00. The standard InChI is InChI=1S/C11H8ClN3O/c1-6-7-3-10(16-2)14-5-9(7)15-11(12)8(6)4-13/h3,5H,1-2H3. The van der Waals surface area contributed by atoms with Crippen LogP contribution in [0.15, 0.2) is 12.3 Å². The monoisotopic (exact) mass is 233 g/mol. The van der Waals surface area contributed by atoms with Gasteiger partial charge in [-0.05, 0) is 12.5 Å². The third-order valence-electron chi connectivity index (χ3n) is 2.38. The lowest BCUT2D eigenvalue weighted by Crippen LogP contribution is -1.94. The van der Waals surface area contributed by atoms with E-state index in [4.69, 9.17) is 21.6 Å². The zero-order chi connectivity index (χ0) is 11.7. The summed E-state index contributed by atoms with van der Waals surface area (Å²) in [7, 11) is 1.54. The molecule has 2 aromatic heterocycles. The van der Waals surface area contributed by atoms with Crippen LogP contribution in [0.1, 0.15) is 11.1 Å². The Morgan fingerprint density at radius 2 is 2.25 bits per heavy atom. The molecule has 0 amide bonds. The van der Waals surface area contributed by atoms with Gasteiger partial charge >= 0.3 is 0 Å². The number of hydrogen-bond donors (Lipinski definition) is 0. The van der Waals surface area contributed by atoms with Gasteiger partial charge in [-0.3, -0.25) is 0 Å². The number of pyridine rings is 2. The zero-order valence-corrected chi connectivity index (χ0v) is 9.54. The lowest BCUT2D eigenvalue weighted by Gasteiger charge is -2.06. The quantitative estimate of drug-likeness (QED) is 0.710. The van der Waals surface area contributed by atoms with Crippen LogP contribution >= 0.6 is 11.6 Å². The molecule has 0 unspecified atom stereocenters. The van der Waals surface area contributed by atoms with Gasteiger partial charge in [0.15, 0.2) is 0 Å². The Morgan fingerprint density at radius 3 is 2.88 bits per heavy atom. The third-order valence-corrected chi connectivity index (χ3v) is 2.66. The van der Waals surface area contributed by atoms with Crippen LogP contribution in [0.5, 0.6) is 5.88 Å². The fraction of sp³-hybridized carbons (Fsp3) is 0.182. The first-order valence-corrected chi connectivity index (χ1v) is 4.95. The van der Waals surface area contributed by atoms with Crippen LogP contribution < -0.4 is 4.74 Å². The Labute approximate surface area is 97.5 Å². The fourth-order valence-corrected chi connectivity index (χ4v) is 1.79. The second kappa shape index (κ2) is 3.95. The van der Waals surface area contributed by atoms with Crippen molar-refractivity contribution in [3.05, 3.63) is 28.5 Å². The van der Waals surface area contributed by atoms with E-state index >= 15 is 0 Å². The van der Waals surface area contributed by atoms with Crippen LogP contribution in [-0.4, -0.2) is 17.1 Å². The average molecular weight is 234 g/mol. The maximum atomic E-state index is 8.96. The van der Waals surface area contributed by atoms with E-state index in [1.54, 1.807) is 12.3 Å². The number of fused-ring (bicyclic) bond motifs is 1. The Balaban J connectivity index is 2.85. The molecule has 0 aliphatic rings. The Morgan fingerprint density at radius 1 is 1.50 bits per heavy atom. The van der Waals surface area contributed by atoms with Crippen molar-refractivity contribution in [2.24, 2.45) is 0 Å². The van der Waals surface area contributed by atoms with Crippen molar-refractivity contribution >= 4 is 22.5 Å². The number of halogens is 1. The molecule has 4 nitrogen and oxygen atoms in total. The van der Waals surface area contributed by atoms with E-state index in [9.17, 15) is 0 Å². The van der Waals surface area contributed by atoms with Gasteiger partial charge < -0.3 is 4.74 Å². The van der Waals surface area contributed by atoms with Gasteiger partial charge in [-0.25, -0.2) is 9.97 Å². The van der Waals surface area contributed by atoms with Gasteiger partial charge in [0, 0.05) is 11.5 Å². The third kappa shape index (κ3) is 1.55. The summed E-state index contributed by atoms with van der Waals surface area (Å²) < 4.78 is 5.03. The molecule has 80 valence electrons. The molecular weight excluding hydrogens is 226 g/mol. The van der Waals surface area contributed by atoms with E-state index in [-0.39, 0.29) is 5.15 Å². The number of ether oxygens (including phenoxy) is 1. The second-order valence-corrected chi connectivity index (χ2v) is 3.62. The van der Waals surface area contributed by atoms with Crippen LogP contribution in [0.4, 0.5) is 0 Å². The first-order chi connectivity index (χ1) is 7.67. The minimum Gasteiger partial charge on any atom is -0.481 e. The first kappa shape index (κ1) is 10.7. The molecule has 0 aliphatic carbocycles. The Hall–Kier alpha value is -1.86. The van der Waals surface area contributed by atoms with Crippen molar-refractivity contribution in [2.75, 3.05) is 7.11 Å². The van der Waals surface area contributed by atoms with Gasteiger partial charge in [-0.15, -0.1) is 0 Å². The number of nitriles is 1. The summed E-state index contributed by atoms with van der Waals surface area (Å²) in [5.41, 5.74) is 1.84. The lowest BCUT2D eigenvalue weighted by molar-refractivity contribution is 0.398. The summed E-state index contributed by atoms with van der Waals surface area (Å²) in [6.45, 7) is 1.83. The molecule has 2 aromatic rings. The minimum atomic E-state index is 0.208. The Kier molecular flexibility index (Phi) is 2.63. The molecule has 2 rings (SSSR count). The largest absolute Gasteiger partial charge is 0.481 e. The predicted octanol–water partition coefficient (Wildman–Crippen LogP) is 2.47. The van der Waals surface area contributed by atoms with Crippen molar-refractivity contribution in [3.8, 4) is 11.9 Å². The zero-order valence-electron chi connectivity index (χ0n) is 8.78. The van der Waals surface area contributed by atoms with Crippen LogP contribution in [0.25, 0.3) is 10.9 Å². The van der Waals surface area contributed by atoms with Crippen molar-refractivity contribution in [3.63, 3.8) is 0 Å². The molecule has 0 N–H and O–H groups in total. The molecule has 2 heterocycles. The molecule has 0 radical (unpaired) electrons. The average Bonchev–Trinajstić information content (AvgIpc) is 2.29. The van der Waals surface area contributed by atoms with Crippen LogP contribution in [0.3, 0.4) is 0 Å². The molecular formula is C11H8ClN3O. The van der Waals surface area contributed by atoms with Crippen molar-refractivity contribution < 1.29 is 4.74 Å². The van der Waals surface area contributed by atoms with E-state index < -0.39 is 0 Å². The summed E-state index contributed by atoms with van der Waals surface area (Å²) in [6, 6.07) is 3.78. The summed E-state index contributed by atoms with van der Waals surface area (Å²) >= 11 is 5.89. The van der Waals surface area contributed by atoms with Crippen molar-refractivity contribution in [1.29, 1.82) is 5.26 Å². The van der Waals surface area contributed by atoms with Gasteiger partial charge in [-0.1, -0.05) is 11.6 Å². The topological polar surface area (TPSA) is 58.8 Å². The van der Waals surface area contributed by atoms with Crippen LogP contribution in [0, 0.1) is 18.3 Å². The van der Waals surface area contributed by atoms with E-state index in [0.29, 0.717) is 17.0 Å². The van der Waals surface area contributed by atoms with Crippen molar-refractivity contribution in [2.45, 2.75) is 6.92 Å².